The van der Waals surface area contributed by atoms with Crippen molar-refractivity contribution in [3.63, 3.8) is 0 Å². The maximum Gasteiger partial charge on any atom is 0.309 e. The second-order valence-electron chi connectivity index (χ2n) is 9.52. The lowest BCUT2D eigenvalue weighted by Crippen LogP contribution is -2.59. The van der Waals surface area contributed by atoms with Crippen molar-refractivity contribution in [2.24, 2.45) is 17.8 Å². The van der Waals surface area contributed by atoms with E-state index in [2.05, 4.69) is 0 Å². The van der Waals surface area contributed by atoms with E-state index in [9.17, 15) is 35.4 Å². The SMILES string of the molecule is CC(C)CC(=O)O[C@@H]1OC=C(CO[C@@H]2O[C@H](CO)[C@@H](O)[C@H](O)[C@H]2O)[C@@H]2[C@@H]3O[C@@H]3[C@@](O)(CO)[C@@H]12. The number of carbonyl (C=O) groups is 1. The number of hydrogen-bond donors (Lipinski definition) is 6. The molecule has 1 saturated carbocycles. The first-order valence-electron chi connectivity index (χ1n) is 11.1. The highest BCUT2D eigenvalue weighted by molar-refractivity contribution is 5.69. The molecule has 3 aliphatic heterocycles. The van der Waals surface area contributed by atoms with E-state index in [-0.39, 0.29) is 18.9 Å². The number of rotatable bonds is 8. The molecule has 0 aromatic carbocycles. The fourth-order valence-corrected chi connectivity index (χ4v) is 4.99. The lowest BCUT2D eigenvalue weighted by Gasteiger charge is -2.42. The van der Waals surface area contributed by atoms with Crippen LogP contribution in [0.1, 0.15) is 20.3 Å². The molecular weight excluding hydrogens is 444 g/mol. The number of fused-ring (bicyclic) bond motifs is 3. The summed E-state index contributed by atoms with van der Waals surface area (Å²) in [5.41, 5.74) is -1.19. The fourth-order valence-electron chi connectivity index (χ4n) is 4.99. The van der Waals surface area contributed by atoms with Crippen LogP contribution >= 0.6 is 0 Å². The first-order chi connectivity index (χ1) is 15.6. The Hall–Kier alpha value is -1.35. The largest absolute Gasteiger partial charge is 0.462 e. The van der Waals surface area contributed by atoms with Gasteiger partial charge in [0.1, 0.15) is 36.1 Å². The molecule has 0 radical (unpaired) electrons. The zero-order valence-electron chi connectivity index (χ0n) is 18.4. The van der Waals surface area contributed by atoms with Crippen LogP contribution in [0.4, 0.5) is 0 Å². The van der Waals surface area contributed by atoms with Crippen LogP contribution in [0.5, 0.6) is 0 Å². The third-order valence-electron chi connectivity index (χ3n) is 6.75. The first kappa shape index (κ1) is 24.8. The minimum absolute atomic E-state index is 0.0620. The molecule has 12 heteroatoms. The monoisotopic (exact) mass is 476 g/mol. The summed E-state index contributed by atoms with van der Waals surface area (Å²) in [5.74, 6) is -1.76. The summed E-state index contributed by atoms with van der Waals surface area (Å²) in [6.07, 6.45) is -7.90. The van der Waals surface area contributed by atoms with Gasteiger partial charge in [-0.25, -0.2) is 0 Å². The van der Waals surface area contributed by atoms with Crippen molar-refractivity contribution in [2.45, 2.75) is 75.1 Å². The number of esters is 1. The smallest absolute Gasteiger partial charge is 0.309 e. The topological polar surface area (TPSA) is 188 Å². The Morgan fingerprint density at radius 1 is 1.12 bits per heavy atom. The van der Waals surface area contributed by atoms with E-state index in [1.54, 1.807) is 0 Å². The van der Waals surface area contributed by atoms with Crippen LogP contribution < -0.4 is 0 Å². The molecule has 33 heavy (non-hydrogen) atoms. The molecular formula is C21H32O12. The average molecular weight is 476 g/mol. The van der Waals surface area contributed by atoms with Crippen molar-refractivity contribution in [1.29, 1.82) is 0 Å². The quantitative estimate of drug-likeness (QED) is 0.158. The lowest BCUT2D eigenvalue weighted by atomic mass is 9.79. The van der Waals surface area contributed by atoms with Crippen LogP contribution in [-0.2, 0) is 28.5 Å². The molecule has 3 heterocycles. The minimum Gasteiger partial charge on any atom is -0.462 e. The summed E-state index contributed by atoms with van der Waals surface area (Å²) in [6, 6.07) is 0. The van der Waals surface area contributed by atoms with Crippen LogP contribution in [0.15, 0.2) is 11.8 Å². The van der Waals surface area contributed by atoms with E-state index in [0.29, 0.717) is 5.57 Å². The molecule has 0 spiro atoms. The van der Waals surface area contributed by atoms with Gasteiger partial charge in [-0.15, -0.1) is 0 Å². The van der Waals surface area contributed by atoms with Gasteiger partial charge < -0.3 is 54.3 Å². The molecule has 188 valence electrons. The second-order valence-corrected chi connectivity index (χ2v) is 9.52. The van der Waals surface area contributed by atoms with Gasteiger partial charge in [0.2, 0.25) is 6.29 Å². The second kappa shape index (κ2) is 9.36. The maximum absolute atomic E-state index is 12.2. The number of hydrogen-bond acceptors (Lipinski definition) is 12. The van der Waals surface area contributed by atoms with Gasteiger partial charge in [0.25, 0.3) is 0 Å². The molecule has 0 unspecified atom stereocenters. The maximum atomic E-state index is 12.2. The standard InChI is InChI=1S/C21H32O12/c1-8(2)3-11(24)32-19-13-12(17-18(33-17)21(13,28)7-23)9(5-29-19)6-30-20-16(27)15(26)14(25)10(4-22)31-20/h5,8,10,12-20,22-23,25-28H,3-4,6-7H2,1-2H3/t10-,12+,13-,14-,15+,16-,17+,18+,19+,20-,21-/m1/s1. The number of aliphatic hydroxyl groups excluding tert-OH is 5. The number of epoxide rings is 1. The van der Waals surface area contributed by atoms with Crippen LogP contribution in [0.2, 0.25) is 0 Å². The van der Waals surface area contributed by atoms with Gasteiger partial charge in [-0.3, -0.25) is 4.79 Å². The minimum atomic E-state index is -1.69. The lowest BCUT2D eigenvalue weighted by molar-refractivity contribution is -0.300. The van der Waals surface area contributed by atoms with Gasteiger partial charge >= 0.3 is 5.97 Å². The Kier molecular flexibility index (Phi) is 7.03. The van der Waals surface area contributed by atoms with Gasteiger partial charge in [-0.05, 0) is 11.5 Å². The summed E-state index contributed by atoms with van der Waals surface area (Å²) < 4.78 is 27.6. The highest BCUT2D eigenvalue weighted by Gasteiger charge is 2.74. The van der Waals surface area contributed by atoms with E-state index in [0.717, 1.165) is 0 Å². The van der Waals surface area contributed by atoms with E-state index < -0.39 is 85.8 Å². The van der Waals surface area contributed by atoms with Crippen LogP contribution in [-0.4, -0.2) is 111 Å². The van der Waals surface area contributed by atoms with Gasteiger partial charge in [0, 0.05) is 12.3 Å². The normalized spacial score (nSPS) is 46.3. The molecule has 0 aromatic heterocycles. The van der Waals surface area contributed by atoms with E-state index in [4.69, 9.17) is 23.7 Å². The molecule has 4 rings (SSSR count). The van der Waals surface area contributed by atoms with Crippen molar-refractivity contribution >= 4 is 5.97 Å². The fraction of sp³-hybridized carbons (Fsp3) is 0.857. The van der Waals surface area contributed by atoms with Crippen molar-refractivity contribution < 1.29 is 59.1 Å². The molecule has 3 fully saturated rings. The van der Waals surface area contributed by atoms with Crippen LogP contribution in [0, 0.1) is 17.8 Å². The Bertz CT molecular complexity index is 756. The van der Waals surface area contributed by atoms with Crippen molar-refractivity contribution in [3.8, 4) is 0 Å². The summed E-state index contributed by atoms with van der Waals surface area (Å²) in [5, 5.41) is 60.4. The highest BCUT2D eigenvalue weighted by Crippen LogP contribution is 2.58. The van der Waals surface area contributed by atoms with Crippen LogP contribution in [0.3, 0.4) is 0 Å². The summed E-state index contributed by atoms with van der Waals surface area (Å²) in [4.78, 5) is 12.2. The third-order valence-corrected chi connectivity index (χ3v) is 6.75. The number of ether oxygens (including phenoxy) is 5. The average Bonchev–Trinajstić information content (AvgIpc) is 3.53. The van der Waals surface area contributed by atoms with E-state index in [1.807, 2.05) is 13.8 Å². The third kappa shape index (κ3) is 4.40. The summed E-state index contributed by atoms with van der Waals surface area (Å²) in [6.45, 7) is 2.33. The highest BCUT2D eigenvalue weighted by atomic mass is 16.7. The molecule has 6 N–H and O–H groups in total. The summed E-state index contributed by atoms with van der Waals surface area (Å²) in [7, 11) is 0. The van der Waals surface area contributed by atoms with Crippen molar-refractivity contribution in [2.75, 3.05) is 19.8 Å². The molecule has 0 amide bonds. The molecule has 0 aromatic rings. The molecule has 12 nitrogen and oxygen atoms in total. The predicted molar refractivity (Wildman–Crippen MR) is 106 cm³/mol. The molecule has 0 bridgehead atoms. The predicted octanol–water partition coefficient (Wildman–Crippen LogP) is -2.63. The number of aliphatic hydroxyl groups is 6. The number of carbonyl (C=O) groups excluding carboxylic acids is 1. The van der Waals surface area contributed by atoms with Gasteiger partial charge in [0.15, 0.2) is 6.29 Å². The van der Waals surface area contributed by atoms with E-state index in [1.165, 1.54) is 6.26 Å². The van der Waals surface area contributed by atoms with Gasteiger partial charge in [-0.2, -0.15) is 0 Å². The Balaban J connectivity index is 1.49. The van der Waals surface area contributed by atoms with Gasteiger partial charge in [0.05, 0.1) is 38.1 Å². The van der Waals surface area contributed by atoms with Crippen LogP contribution in [0.25, 0.3) is 0 Å². The Morgan fingerprint density at radius 3 is 2.48 bits per heavy atom. The Labute approximate surface area is 190 Å². The van der Waals surface area contributed by atoms with E-state index >= 15 is 0 Å². The van der Waals surface area contributed by atoms with Crippen molar-refractivity contribution in [3.05, 3.63) is 11.8 Å². The zero-order valence-corrected chi connectivity index (χ0v) is 18.4. The van der Waals surface area contributed by atoms with Crippen molar-refractivity contribution in [1.82, 2.24) is 0 Å². The molecule has 1 aliphatic carbocycles. The first-order valence-corrected chi connectivity index (χ1v) is 11.1. The molecule has 11 atom stereocenters. The molecule has 2 saturated heterocycles. The summed E-state index contributed by atoms with van der Waals surface area (Å²) >= 11 is 0. The van der Waals surface area contributed by atoms with Gasteiger partial charge in [-0.1, -0.05) is 13.8 Å². The zero-order chi connectivity index (χ0) is 24.1. The Morgan fingerprint density at radius 2 is 1.85 bits per heavy atom. The molecule has 4 aliphatic rings.